The maximum absolute atomic E-state index is 5.84. The van der Waals surface area contributed by atoms with Crippen molar-refractivity contribution in [3.05, 3.63) is 63.7 Å². The van der Waals surface area contributed by atoms with Gasteiger partial charge in [0.2, 0.25) is 0 Å². The molecular weight excluding hydrogens is 304 g/mol. The molecule has 0 N–H and O–H groups in total. The first-order chi connectivity index (χ1) is 10.2. The summed E-state index contributed by atoms with van der Waals surface area (Å²) in [6.07, 6.45) is 3.63. The highest BCUT2D eigenvalue weighted by Crippen LogP contribution is 2.25. The van der Waals surface area contributed by atoms with Crippen LogP contribution in [0.4, 0.5) is 0 Å². The van der Waals surface area contributed by atoms with Crippen molar-refractivity contribution in [2.45, 2.75) is 13.5 Å². The van der Waals surface area contributed by atoms with Crippen LogP contribution in [0.15, 0.2) is 48.1 Å². The minimum Gasteiger partial charge on any atom is -0.486 e. The molecule has 0 radical (unpaired) electrons. The normalized spacial score (nSPS) is 10.6. The Balaban J connectivity index is 1.71. The largest absolute Gasteiger partial charge is 0.486 e. The highest BCUT2D eigenvalue weighted by atomic mass is 35.5. The molecule has 0 fully saturated rings. The van der Waals surface area contributed by atoms with Crippen LogP contribution in [0.25, 0.3) is 11.3 Å². The fourth-order valence-electron chi connectivity index (χ4n) is 1.91. The van der Waals surface area contributed by atoms with Crippen LogP contribution in [-0.4, -0.2) is 9.97 Å². The first kappa shape index (κ1) is 14.0. The second-order valence-electron chi connectivity index (χ2n) is 4.56. The van der Waals surface area contributed by atoms with Crippen molar-refractivity contribution in [1.82, 2.24) is 9.97 Å². The molecule has 0 aliphatic rings. The van der Waals surface area contributed by atoms with E-state index in [0.717, 1.165) is 22.0 Å². The van der Waals surface area contributed by atoms with Crippen molar-refractivity contribution >= 4 is 22.9 Å². The summed E-state index contributed by atoms with van der Waals surface area (Å²) in [5, 5.41) is 3.67. The third-order valence-electron chi connectivity index (χ3n) is 3.04. The van der Waals surface area contributed by atoms with Crippen LogP contribution < -0.4 is 4.74 Å². The molecule has 2 heterocycles. The maximum atomic E-state index is 5.84. The number of ether oxygens (including phenoxy) is 1. The molecule has 0 amide bonds. The van der Waals surface area contributed by atoms with Crippen molar-refractivity contribution in [1.29, 1.82) is 0 Å². The Labute approximate surface area is 132 Å². The minimum atomic E-state index is 0.450. The summed E-state index contributed by atoms with van der Waals surface area (Å²) >= 11 is 7.43. The van der Waals surface area contributed by atoms with Gasteiger partial charge in [0.15, 0.2) is 0 Å². The number of hydrogen-bond acceptors (Lipinski definition) is 4. The number of rotatable bonds is 4. The van der Waals surface area contributed by atoms with E-state index in [4.69, 9.17) is 16.3 Å². The number of pyridine rings is 1. The molecule has 0 aliphatic heterocycles. The monoisotopic (exact) mass is 316 g/mol. The van der Waals surface area contributed by atoms with Gasteiger partial charge in [-0.25, -0.2) is 4.98 Å². The van der Waals surface area contributed by atoms with Crippen LogP contribution in [0.1, 0.15) is 10.6 Å². The van der Waals surface area contributed by atoms with Gasteiger partial charge >= 0.3 is 0 Å². The lowest BCUT2D eigenvalue weighted by Gasteiger charge is -2.03. The second-order valence-corrected chi connectivity index (χ2v) is 5.94. The first-order valence-electron chi connectivity index (χ1n) is 6.46. The van der Waals surface area contributed by atoms with E-state index in [0.29, 0.717) is 11.6 Å². The molecule has 0 bridgehead atoms. The minimum absolute atomic E-state index is 0.450. The average molecular weight is 317 g/mol. The number of thiazole rings is 1. The summed E-state index contributed by atoms with van der Waals surface area (Å²) < 4.78 is 5.70. The van der Waals surface area contributed by atoms with Crippen LogP contribution >= 0.6 is 22.9 Å². The summed E-state index contributed by atoms with van der Waals surface area (Å²) in [5.41, 5.74) is 3.17. The van der Waals surface area contributed by atoms with Gasteiger partial charge in [0.1, 0.15) is 17.4 Å². The van der Waals surface area contributed by atoms with Crippen molar-refractivity contribution in [3.8, 4) is 17.0 Å². The van der Waals surface area contributed by atoms with Crippen molar-refractivity contribution in [2.75, 3.05) is 0 Å². The van der Waals surface area contributed by atoms with Gasteiger partial charge in [0.05, 0.1) is 5.69 Å². The Morgan fingerprint density at radius 3 is 2.76 bits per heavy atom. The second kappa shape index (κ2) is 6.24. The van der Waals surface area contributed by atoms with Gasteiger partial charge in [-0.05, 0) is 42.8 Å². The summed E-state index contributed by atoms with van der Waals surface area (Å²) in [6, 6.07) is 9.30. The predicted molar refractivity (Wildman–Crippen MR) is 85.9 cm³/mol. The van der Waals surface area contributed by atoms with E-state index in [1.165, 1.54) is 5.56 Å². The van der Waals surface area contributed by atoms with E-state index in [1.807, 2.05) is 41.9 Å². The van der Waals surface area contributed by atoms with E-state index in [9.17, 15) is 0 Å². The Morgan fingerprint density at radius 2 is 2.00 bits per heavy atom. The summed E-state index contributed by atoms with van der Waals surface area (Å²) in [6.45, 7) is 2.51. The van der Waals surface area contributed by atoms with Gasteiger partial charge in [-0.3, -0.25) is 4.98 Å². The summed E-state index contributed by atoms with van der Waals surface area (Å²) in [7, 11) is 0. The Kier molecular flexibility index (Phi) is 4.18. The zero-order valence-electron chi connectivity index (χ0n) is 11.4. The highest BCUT2D eigenvalue weighted by molar-refractivity contribution is 7.09. The van der Waals surface area contributed by atoms with Gasteiger partial charge in [0.25, 0.3) is 0 Å². The molecule has 0 aliphatic carbocycles. The van der Waals surface area contributed by atoms with E-state index in [2.05, 4.69) is 16.9 Å². The fraction of sp³-hybridized carbons (Fsp3) is 0.125. The predicted octanol–water partition coefficient (Wildman–Crippen LogP) is 4.75. The zero-order valence-corrected chi connectivity index (χ0v) is 13.0. The molecule has 3 rings (SSSR count). The topological polar surface area (TPSA) is 35.0 Å². The van der Waals surface area contributed by atoms with E-state index >= 15 is 0 Å². The molecule has 0 unspecified atom stereocenters. The van der Waals surface area contributed by atoms with Gasteiger partial charge in [-0.15, -0.1) is 11.3 Å². The lowest BCUT2D eigenvalue weighted by Crippen LogP contribution is -1.95. The number of nitrogens with zero attached hydrogens (tertiary/aromatic N) is 2. The van der Waals surface area contributed by atoms with Crippen LogP contribution in [0, 0.1) is 6.92 Å². The molecule has 2 aromatic heterocycles. The quantitative estimate of drug-likeness (QED) is 0.697. The zero-order chi connectivity index (χ0) is 14.7. The number of halogens is 1. The lowest BCUT2D eigenvalue weighted by molar-refractivity contribution is 0.305. The maximum Gasteiger partial charge on any atom is 0.140 e. The highest BCUT2D eigenvalue weighted by Gasteiger charge is 2.07. The first-order valence-corrected chi connectivity index (χ1v) is 7.72. The Bertz CT molecular complexity index is 740. The van der Waals surface area contributed by atoms with E-state index < -0.39 is 0 Å². The Hall–Kier alpha value is -1.91. The lowest BCUT2D eigenvalue weighted by atomic mass is 10.1. The number of benzene rings is 1. The van der Waals surface area contributed by atoms with Crippen LogP contribution in [0.3, 0.4) is 0 Å². The van der Waals surface area contributed by atoms with Crippen LogP contribution in [-0.2, 0) is 6.61 Å². The molecule has 3 aromatic rings. The smallest absolute Gasteiger partial charge is 0.140 e. The molecule has 5 heteroatoms. The molecule has 21 heavy (non-hydrogen) atoms. The molecule has 106 valence electrons. The van der Waals surface area contributed by atoms with Crippen molar-refractivity contribution in [3.63, 3.8) is 0 Å². The number of aromatic nitrogens is 2. The van der Waals surface area contributed by atoms with Gasteiger partial charge in [0, 0.05) is 28.4 Å². The van der Waals surface area contributed by atoms with Crippen molar-refractivity contribution in [2.24, 2.45) is 0 Å². The van der Waals surface area contributed by atoms with Crippen LogP contribution in [0.2, 0.25) is 5.02 Å². The summed E-state index contributed by atoms with van der Waals surface area (Å²) in [5.74, 6) is 0.786. The standard InChI is InChI=1S/C16H13ClN2OS/c1-11-6-7-18-8-14(11)15-10-21-16(19-15)9-20-13-4-2-12(17)3-5-13/h2-8,10H,9H2,1H3. The third kappa shape index (κ3) is 3.40. The van der Waals surface area contributed by atoms with Crippen LogP contribution in [0.5, 0.6) is 5.75 Å². The number of aryl methyl sites for hydroxylation is 1. The molecule has 0 spiro atoms. The molecule has 0 saturated carbocycles. The van der Waals surface area contributed by atoms with Gasteiger partial charge in [-0.2, -0.15) is 0 Å². The molecule has 3 nitrogen and oxygen atoms in total. The summed E-state index contributed by atoms with van der Waals surface area (Å²) in [4.78, 5) is 8.76. The van der Waals surface area contributed by atoms with E-state index in [1.54, 1.807) is 17.5 Å². The third-order valence-corrected chi connectivity index (χ3v) is 4.12. The molecular formula is C16H13ClN2OS. The SMILES string of the molecule is Cc1ccncc1-c1csc(COc2ccc(Cl)cc2)n1. The molecule has 0 atom stereocenters. The number of hydrogen-bond donors (Lipinski definition) is 0. The average Bonchev–Trinajstić information content (AvgIpc) is 2.96. The Morgan fingerprint density at radius 1 is 1.19 bits per heavy atom. The van der Waals surface area contributed by atoms with Gasteiger partial charge < -0.3 is 4.74 Å². The molecule has 1 aromatic carbocycles. The van der Waals surface area contributed by atoms with Crippen molar-refractivity contribution < 1.29 is 4.74 Å². The van der Waals surface area contributed by atoms with E-state index in [-0.39, 0.29) is 0 Å². The fourth-order valence-corrected chi connectivity index (χ4v) is 2.74. The van der Waals surface area contributed by atoms with Gasteiger partial charge in [-0.1, -0.05) is 11.6 Å². The molecule has 0 saturated heterocycles.